The molecule has 30 heavy (non-hydrogen) atoms. The van der Waals surface area contributed by atoms with Crippen molar-refractivity contribution in [3.8, 4) is 5.69 Å². The number of para-hydroxylation sites is 1. The van der Waals surface area contributed by atoms with Gasteiger partial charge in [0.05, 0.1) is 22.5 Å². The molecule has 1 amide bonds. The molecular weight excluding hydrogens is 382 g/mol. The van der Waals surface area contributed by atoms with Crippen LogP contribution >= 0.6 is 0 Å². The number of nitrogens with zero attached hydrogens (tertiary/aromatic N) is 4. The van der Waals surface area contributed by atoms with E-state index in [1.807, 2.05) is 51.1 Å². The first-order valence-electron chi connectivity index (χ1n) is 10.4. The number of fused-ring (bicyclic) bond motifs is 1. The van der Waals surface area contributed by atoms with Gasteiger partial charge in [-0.3, -0.25) is 9.59 Å². The van der Waals surface area contributed by atoms with Gasteiger partial charge < -0.3 is 10.1 Å². The number of carbonyl (C=O) groups is 1. The fourth-order valence-corrected chi connectivity index (χ4v) is 3.48. The molecule has 0 aliphatic carbocycles. The summed E-state index contributed by atoms with van der Waals surface area (Å²) in [5, 5.41) is 12.7. The van der Waals surface area contributed by atoms with Crippen molar-refractivity contribution in [2.45, 2.75) is 46.6 Å². The third-order valence-electron chi connectivity index (χ3n) is 4.95. The van der Waals surface area contributed by atoms with Crippen LogP contribution in [0, 0.1) is 13.8 Å². The monoisotopic (exact) mass is 411 g/mol. The van der Waals surface area contributed by atoms with Crippen LogP contribution < -0.4 is 10.9 Å². The smallest absolute Gasteiger partial charge is 0.295 e. The summed E-state index contributed by atoms with van der Waals surface area (Å²) in [5.74, 6) is -0.0263. The molecule has 8 nitrogen and oxygen atoms in total. The molecule has 160 valence electrons. The van der Waals surface area contributed by atoms with E-state index in [1.165, 1.54) is 4.68 Å². The van der Waals surface area contributed by atoms with Gasteiger partial charge in [-0.1, -0.05) is 18.2 Å². The number of aryl methyl sites for hydroxylation is 3. The number of amides is 1. The standard InChI is InChI=1S/C22H29N5O3/c1-4-30-15-9-13-23-19(28)12-8-14-26-22(29)21-20(16(2)24-26)17(3)27(25-21)18-10-6-5-7-11-18/h5-7,10-11H,4,8-9,12-15H2,1-3H3,(H,23,28). The van der Waals surface area contributed by atoms with Gasteiger partial charge in [-0.15, -0.1) is 0 Å². The molecule has 0 aliphatic rings. The molecule has 1 N–H and O–H groups in total. The fourth-order valence-electron chi connectivity index (χ4n) is 3.48. The SMILES string of the molecule is CCOCCCNC(=O)CCCn1nc(C)c2c(C)n(-c3ccccc3)nc2c1=O. The predicted molar refractivity (Wildman–Crippen MR) is 116 cm³/mol. The number of nitrogens with one attached hydrogen (secondary N) is 1. The molecule has 3 rings (SSSR count). The normalized spacial score (nSPS) is 11.2. The van der Waals surface area contributed by atoms with Gasteiger partial charge in [-0.05, 0) is 45.7 Å². The Bertz CT molecular complexity index is 1060. The van der Waals surface area contributed by atoms with Crippen LogP contribution in [0.25, 0.3) is 16.6 Å². The number of aromatic nitrogens is 4. The zero-order chi connectivity index (χ0) is 21.5. The second kappa shape index (κ2) is 10.2. The van der Waals surface area contributed by atoms with E-state index in [-0.39, 0.29) is 11.5 Å². The minimum atomic E-state index is -0.231. The molecule has 2 heterocycles. The summed E-state index contributed by atoms with van der Waals surface area (Å²) in [6.45, 7) is 8.07. The quantitative estimate of drug-likeness (QED) is 0.518. The van der Waals surface area contributed by atoms with E-state index >= 15 is 0 Å². The molecule has 1 aromatic carbocycles. The molecule has 0 radical (unpaired) electrons. The number of rotatable bonds is 10. The van der Waals surface area contributed by atoms with E-state index in [0.29, 0.717) is 44.7 Å². The van der Waals surface area contributed by atoms with Crippen LogP contribution in [0.15, 0.2) is 35.1 Å². The summed E-state index contributed by atoms with van der Waals surface area (Å²) >= 11 is 0. The Kier molecular flexibility index (Phi) is 7.35. The molecule has 8 heteroatoms. The van der Waals surface area contributed by atoms with E-state index < -0.39 is 0 Å². The molecular formula is C22H29N5O3. The highest BCUT2D eigenvalue weighted by Gasteiger charge is 2.17. The third-order valence-corrected chi connectivity index (χ3v) is 4.95. The van der Waals surface area contributed by atoms with Gasteiger partial charge in [-0.2, -0.15) is 10.2 Å². The zero-order valence-corrected chi connectivity index (χ0v) is 17.9. The van der Waals surface area contributed by atoms with Crippen LogP contribution in [0.3, 0.4) is 0 Å². The molecule has 0 bridgehead atoms. The van der Waals surface area contributed by atoms with Gasteiger partial charge >= 0.3 is 0 Å². The number of carbonyl (C=O) groups excluding carboxylic acids is 1. The first kappa shape index (κ1) is 21.7. The van der Waals surface area contributed by atoms with Gasteiger partial charge in [0, 0.05) is 32.7 Å². The Morgan fingerprint density at radius 2 is 1.90 bits per heavy atom. The number of hydrogen-bond donors (Lipinski definition) is 1. The Balaban J connectivity index is 1.68. The van der Waals surface area contributed by atoms with E-state index in [4.69, 9.17) is 4.74 Å². The summed E-state index contributed by atoms with van der Waals surface area (Å²) in [5.41, 5.74) is 2.72. The van der Waals surface area contributed by atoms with E-state index in [1.54, 1.807) is 4.68 Å². The molecule has 2 aromatic heterocycles. The van der Waals surface area contributed by atoms with E-state index in [2.05, 4.69) is 15.5 Å². The summed E-state index contributed by atoms with van der Waals surface area (Å²) in [4.78, 5) is 24.9. The molecule has 0 spiro atoms. The molecule has 0 atom stereocenters. The van der Waals surface area contributed by atoms with Crippen molar-refractivity contribution >= 4 is 16.8 Å². The van der Waals surface area contributed by atoms with Crippen LogP contribution in [0.1, 0.15) is 37.6 Å². The maximum absolute atomic E-state index is 12.9. The molecule has 0 saturated carbocycles. The van der Waals surface area contributed by atoms with Gasteiger partial charge in [0.25, 0.3) is 5.56 Å². The summed E-state index contributed by atoms with van der Waals surface area (Å²) in [6.07, 6.45) is 1.67. The molecule has 0 saturated heterocycles. The van der Waals surface area contributed by atoms with Crippen molar-refractivity contribution in [1.29, 1.82) is 0 Å². The summed E-state index contributed by atoms with van der Waals surface area (Å²) in [6, 6.07) is 9.72. The number of hydrogen-bond acceptors (Lipinski definition) is 5. The van der Waals surface area contributed by atoms with E-state index in [0.717, 1.165) is 28.9 Å². The Hall–Kier alpha value is -3.00. The van der Waals surface area contributed by atoms with Crippen molar-refractivity contribution in [2.75, 3.05) is 19.8 Å². The fraction of sp³-hybridized carbons (Fsp3) is 0.455. The average molecular weight is 412 g/mol. The maximum Gasteiger partial charge on any atom is 0.295 e. The summed E-state index contributed by atoms with van der Waals surface area (Å²) in [7, 11) is 0. The van der Waals surface area contributed by atoms with Crippen LogP contribution in [-0.2, 0) is 16.1 Å². The van der Waals surface area contributed by atoms with Crippen molar-refractivity contribution in [3.63, 3.8) is 0 Å². The number of ether oxygens (including phenoxy) is 1. The first-order chi connectivity index (χ1) is 14.5. The van der Waals surface area contributed by atoms with E-state index in [9.17, 15) is 9.59 Å². The topological polar surface area (TPSA) is 91.0 Å². The predicted octanol–water partition coefficient (Wildman–Crippen LogP) is 2.52. The Morgan fingerprint density at radius 1 is 1.13 bits per heavy atom. The summed E-state index contributed by atoms with van der Waals surface area (Å²) < 4.78 is 8.44. The lowest BCUT2D eigenvalue weighted by Gasteiger charge is -2.07. The Morgan fingerprint density at radius 3 is 2.63 bits per heavy atom. The van der Waals surface area contributed by atoms with Gasteiger partial charge in [0.2, 0.25) is 5.91 Å². The van der Waals surface area contributed by atoms with Gasteiger partial charge in [0.15, 0.2) is 5.52 Å². The molecule has 3 aromatic rings. The van der Waals surface area contributed by atoms with Crippen molar-refractivity contribution in [2.24, 2.45) is 0 Å². The minimum Gasteiger partial charge on any atom is -0.382 e. The highest BCUT2D eigenvalue weighted by atomic mass is 16.5. The maximum atomic E-state index is 12.9. The first-order valence-corrected chi connectivity index (χ1v) is 10.4. The highest BCUT2D eigenvalue weighted by Crippen LogP contribution is 2.20. The second-order valence-electron chi connectivity index (χ2n) is 7.17. The minimum absolute atomic E-state index is 0.0263. The van der Waals surface area contributed by atoms with Gasteiger partial charge in [-0.25, -0.2) is 9.36 Å². The molecule has 0 fully saturated rings. The second-order valence-corrected chi connectivity index (χ2v) is 7.17. The van der Waals surface area contributed by atoms with Crippen LogP contribution in [0.2, 0.25) is 0 Å². The number of benzene rings is 1. The van der Waals surface area contributed by atoms with Crippen molar-refractivity contribution in [3.05, 3.63) is 52.1 Å². The molecule has 0 aliphatic heterocycles. The Labute approximate surface area is 175 Å². The van der Waals surface area contributed by atoms with Crippen LogP contribution in [0.4, 0.5) is 0 Å². The zero-order valence-electron chi connectivity index (χ0n) is 17.9. The van der Waals surface area contributed by atoms with Gasteiger partial charge in [0.1, 0.15) is 0 Å². The van der Waals surface area contributed by atoms with Crippen molar-refractivity contribution < 1.29 is 9.53 Å². The van der Waals surface area contributed by atoms with Crippen LogP contribution in [0.5, 0.6) is 0 Å². The van der Waals surface area contributed by atoms with Crippen LogP contribution in [-0.4, -0.2) is 45.2 Å². The third kappa shape index (κ3) is 4.94. The molecule has 0 unspecified atom stereocenters. The lowest BCUT2D eigenvalue weighted by Crippen LogP contribution is -2.27. The lowest BCUT2D eigenvalue weighted by molar-refractivity contribution is -0.121. The lowest BCUT2D eigenvalue weighted by atomic mass is 10.2. The average Bonchev–Trinajstić information content (AvgIpc) is 3.10. The largest absolute Gasteiger partial charge is 0.382 e. The van der Waals surface area contributed by atoms with Crippen molar-refractivity contribution in [1.82, 2.24) is 24.9 Å². The highest BCUT2D eigenvalue weighted by molar-refractivity contribution is 5.83.